The minimum Gasteiger partial charge on any atom is -0.507 e. The molecule has 0 bridgehead atoms. The van der Waals surface area contributed by atoms with Crippen LogP contribution in [0.5, 0.6) is 5.75 Å². The number of carbonyl (C=O) groups is 1. The zero-order valence-electron chi connectivity index (χ0n) is 8.23. The van der Waals surface area contributed by atoms with Crippen molar-refractivity contribution in [1.82, 2.24) is 0 Å². The lowest BCUT2D eigenvalue weighted by Gasteiger charge is -2.17. The number of aryl methyl sites for hydroxylation is 1. The Kier molecular flexibility index (Phi) is 2.46. The van der Waals surface area contributed by atoms with Crippen LogP contribution >= 0.6 is 0 Å². The molecule has 3 heteroatoms. The molecule has 15 heavy (non-hydrogen) atoms. The second kappa shape index (κ2) is 3.77. The quantitative estimate of drug-likeness (QED) is 0.776. The Morgan fingerprint density at radius 1 is 1.40 bits per heavy atom. The molecule has 1 aromatic carbocycles. The summed E-state index contributed by atoms with van der Waals surface area (Å²) in [5.74, 6) is -0.683. The number of rotatable bonds is 2. The molecule has 1 aliphatic rings. The molecule has 3 nitrogen and oxygen atoms in total. The smallest absolute Gasteiger partial charge is 0.307 e. The van der Waals surface area contributed by atoms with E-state index < -0.39 is 5.97 Å². The van der Waals surface area contributed by atoms with Gasteiger partial charge < -0.3 is 10.2 Å². The van der Waals surface area contributed by atoms with Gasteiger partial charge in [0, 0.05) is 5.56 Å². The minimum absolute atomic E-state index is 0.0232. The van der Waals surface area contributed by atoms with E-state index in [-0.39, 0.29) is 12.2 Å². The molecule has 0 spiro atoms. The van der Waals surface area contributed by atoms with Gasteiger partial charge in [0.2, 0.25) is 0 Å². The summed E-state index contributed by atoms with van der Waals surface area (Å²) in [4.78, 5) is 10.7. The van der Waals surface area contributed by atoms with Crippen LogP contribution in [-0.4, -0.2) is 16.2 Å². The van der Waals surface area contributed by atoms with Crippen molar-refractivity contribution in [1.29, 1.82) is 0 Å². The molecule has 0 unspecified atom stereocenters. The maximum Gasteiger partial charge on any atom is 0.307 e. The van der Waals surface area contributed by atoms with Crippen molar-refractivity contribution in [2.75, 3.05) is 0 Å². The van der Waals surface area contributed by atoms with E-state index in [0.29, 0.717) is 5.56 Å². The van der Waals surface area contributed by atoms with Gasteiger partial charge in [0.15, 0.2) is 0 Å². The van der Waals surface area contributed by atoms with E-state index in [1.165, 1.54) is 0 Å². The molecule has 0 atom stereocenters. The lowest BCUT2D eigenvalue weighted by atomic mass is 9.88. The van der Waals surface area contributed by atoms with Gasteiger partial charge in [-0.05, 0) is 30.0 Å². The van der Waals surface area contributed by atoms with Crippen molar-refractivity contribution in [2.24, 2.45) is 0 Å². The fraction of sp³-hybridized carbons (Fsp3) is 0.250. The van der Waals surface area contributed by atoms with Gasteiger partial charge in [-0.2, -0.15) is 0 Å². The fourth-order valence-corrected chi connectivity index (χ4v) is 1.99. The van der Waals surface area contributed by atoms with E-state index in [4.69, 9.17) is 5.11 Å². The summed E-state index contributed by atoms with van der Waals surface area (Å²) >= 11 is 0. The SMILES string of the molecule is O=C(O)CC1=CCCc2cccc(O)c21. The van der Waals surface area contributed by atoms with Crippen molar-refractivity contribution in [3.63, 3.8) is 0 Å². The van der Waals surface area contributed by atoms with Crippen LogP contribution in [0, 0.1) is 0 Å². The van der Waals surface area contributed by atoms with Gasteiger partial charge in [0.05, 0.1) is 6.42 Å². The van der Waals surface area contributed by atoms with E-state index in [1.54, 1.807) is 12.1 Å². The van der Waals surface area contributed by atoms with Crippen LogP contribution in [0.1, 0.15) is 24.0 Å². The molecule has 1 aliphatic carbocycles. The third-order valence-corrected chi connectivity index (χ3v) is 2.60. The highest BCUT2D eigenvalue weighted by Gasteiger charge is 2.17. The summed E-state index contributed by atoms with van der Waals surface area (Å²) in [6, 6.07) is 5.32. The monoisotopic (exact) mass is 204 g/mol. The van der Waals surface area contributed by atoms with Crippen LogP contribution in [0.3, 0.4) is 0 Å². The summed E-state index contributed by atoms with van der Waals surface area (Å²) in [5, 5.41) is 18.5. The van der Waals surface area contributed by atoms with Gasteiger partial charge in [-0.1, -0.05) is 18.2 Å². The topological polar surface area (TPSA) is 57.5 Å². The minimum atomic E-state index is -0.864. The molecule has 0 saturated carbocycles. The lowest BCUT2D eigenvalue weighted by molar-refractivity contribution is -0.135. The number of phenols is 1. The number of aromatic hydroxyl groups is 1. The van der Waals surface area contributed by atoms with Gasteiger partial charge >= 0.3 is 5.97 Å². The summed E-state index contributed by atoms with van der Waals surface area (Å²) in [7, 11) is 0. The number of phenolic OH excluding ortho intramolecular Hbond substituents is 1. The number of allylic oxidation sites excluding steroid dienone is 1. The average molecular weight is 204 g/mol. The highest BCUT2D eigenvalue weighted by Crippen LogP contribution is 2.34. The normalized spacial score (nSPS) is 14.3. The molecular weight excluding hydrogens is 192 g/mol. The number of hydrogen-bond acceptors (Lipinski definition) is 2. The predicted octanol–water partition coefficient (Wildman–Crippen LogP) is 2.20. The Morgan fingerprint density at radius 3 is 2.93 bits per heavy atom. The maximum atomic E-state index is 10.7. The van der Waals surface area contributed by atoms with Gasteiger partial charge in [-0.15, -0.1) is 0 Å². The van der Waals surface area contributed by atoms with Crippen molar-refractivity contribution in [2.45, 2.75) is 19.3 Å². The third kappa shape index (κ3) is 1.86. The average Bonchev–Trinajstić information content (AvgIpc) is 2.17. The molecule has 0 radical (unpaired) electrons. The Balaban J connectivity index is 2.45. The van der Waals surface area contributed by atoms with Gasteiger partial charge in [-0.25, -0.2) is 0 Å². The molecule has 2 rings (SSSR count). The number of carboxylic acid groups (broad SMARTS) is 1. The number of benzene rings is 1. The molecule has 78 valence electrons. The molecule has 2 N–H and O–H groups in total. The third-order valence-electron chi connectivity index (χ3n) is 2.60. The van der Waals surface area contributed by atoms with E-state index in [2.05, 4.69) is 0 Å². The van der Waals surface area contributed by atoms with Crippen LogP contribution in [0.4, 0.5) is 0 Å². The Labute approximate surface area is 87.7 Å². The first-order chi connectivity index (χ1) is 7.18. The maximum absolute atomic E-state index is 10.7. The number of carboxylic acids is 1. The fourth-order valence-electron chi connectivity index (χ4n) is 1.99. The molecule has 0 aliphatic heterocycles. The second-order valence-corrected chi connectivity index (χ2v) is 3.65. The predicted molar refractivity (Wildman–Crippen MR) is 56.7 cm³/mol. The van der Waals surface area contributed by atoms with Crippen LogP contribution in [0.25, 0.3) is 5.57 Å². The molecule has 0 amide bonds. The largest absolute Gasteiger partial charge is 0.507 e. The van der Waals surface area contributed by atoms with Crippen LogP contribution in [0.15, 0.2) is 24.3 Å². The molecule has 0 heterocycles. The molecule has 0 fully saturated rings. The number of fused-ring (bicyclic) bond motifs is 1. The van der Waals surface area contributed by atoms with Crippen molar-refractivity contribution >= 4 is 11.5 Å². The number of hydrogen-bond donors (Lipinski definition) is 2. The Hall–Kier alpha value is -1.77. The van der Waals surface area contributed by atoms with Gasteiger partial charge in [0.1, 0.15) is 5.75 Å². The zero-order chi connectivity index (χ0) is 10.8. The number of aliphatic carboxylic acids is 1. The van der Waals surface area contributed by atoms with Crippen molar-refractivity contribution in [3.05, 3.63) is 35.4 Å². The van der Waals surface area contributed by atoms with Gasteiger partial charge in [0.25, 0.3) is 0 Å². The van der Waals surface area contributed by atoms with Crippen molar-refractivity contribution < 1.29 is 15.0 Å². The van der Waals surface area contributed by atoms with E-state index >= 15 is 0 Å². The van der Waals surface area contributed by atoms with Gasteiger partial charge in [-0.3, -0.25) is 4.79 Å². The lowest BCUT2D eigenvalue weighted by Crippen LogP contribution is -2.04. The summed E-state index contributed by atoms with van der Waals surface area (Å²) in [6.07, 6.45) is 3.59. The molecular formula is C12H12O3. The summed E-state index contributed by atoms with van der Waals surface area (Å²) < 4.78 is 0. The standard InChI is InChI=1S/C12H12O3/c13-10-6-2-4-8-3-1-5-9(12(8)10)7-11(14)15/h2,4-6,13H,1,3,7H2,(H,14,15). The zero-order valence-corrected chi connectivity index (χ0v) is 8.23. The van der Waals surface area contributed by atoms with E-state index in [0.717, 1.165) is 24.0 Å². The van der Waals surface area contributed by atoms with Crippen LogP contribution in [0.2, 0.25) is 0 Å². The molecule has 0 aromatic heterocycles. The Bertz CT molecular complexity index is 432. The van der Waals surface area contributed by atoms with Crippen LogP contribution in [-0.2, 0) is 11.2 Å². The molecule has 1 aromatic rings. The highest BCUT2D eigenvalue weighted by atomic mass is 16.4. The summed E-state index contributed by atoms with van der Waals surface area (Å²) in [6.45, 7) is 0. The van der Waals surface area contributed by atoms with Crippen molar-refractivity contribution in [3.8, 4) is 5.75 Å². The Morgan fingerprint density at radius 2 is 2.20 bits per heavy atom. The van der Waals surface area contributed by atoms with E-state index in [9.17, 15) is 9.90 Å². The first kappa shape index (κ1) is 9.77. The second-order valence-electron chi connectivity index (χ2n) is 3.65. The molecule has 0 saturated heterocycles. The first-order valence-electron chi connectivity index (χ1n) is 4.90. The summed E-state index contributed by atoms with van der Waals surface area (Å²) in [5.41, 5.74) is 2.47. The first-order valence-corrected chi connectivity index (χ1v) is 4.90. The van der Waals surface area contributed by atoms with E-state index in [1.807, 2.05) is 12.1 Å². The highest BCUT2D eigenvalue weighted by molar-refractivity contribution is 5.87. The van der Waals surface area contributed by atoms with Crippen LogP contribution < -0.4 is 0 Å².